The highest BCUT2D eigenvalue weighted by Crippen LogP contribution is 2.13. The third kappa shape index (κ3) is 6.76. The first kappa shape index (κ1) is 14.6. The molecule has 1 heterocycles. The summed E-state index contributed by atoms with van der Waals surface area (Å²) in [4.78, 5) is 4.26. The predicted octanol–water partition coefficient (Wildman–Crippen LogP) is 2.43. The first-order valence-corrected chi connectivity index (χ1v) is 7.59. The smallest absolute Gasteiger partial charge is 0.0794 e. The lowest BCUT2D eigenvalue weighted by atomic mass is 9.97. The number of nitrogens with two attached hydrogens (primary N) is 1. The van der Waals surface area contributed by atoms with Crippen molar-refractivity contribution in [3.05, 3.63) is 16.6 Å². The molecule has 0 bridgehead atoms. The highest BCUT2D eigenvalue weighted by Gasteiger charge is 2.04. The van der Waals surface area contributed by atoms with Crippen LogP contribution in [-0.2, 0) is 6.42 Å². The van der Waals surface area contributed by atoms with Crippen molar-refractivity contribution >= 4 is 11.3 Å². The predicted molar refractivity (Wildman–Crippen MR) is 75.4 cm³/mol. The van der Waals surface area contributed by atoms with Gasteiger partial charge in [-0.05, 0) is 38.3 Å². The minimum absolute atomic E-state index is 0.820. The zero-order valence-electron chi connectivity index (χ0n) is 10.8. The number of thiazole rings is 1. The largest absolute Gasteiger partial charge is 0.330 e. The fraction of sp³-hybridized carbons (Fsp3) is 0.769. The van der Waals surface area contributed by atoms with Gasteiger partial charge in [0.1, 0.15) is 0 Å². The highest BCUT2D eigenvalue weighted by atomic mass is 32.1. The lowest BCUT2D eigenvalue weighted by Crippen LogP contribution is -2.19. The van der Waals surface area contributed by atoms with Crippen LogP contribution in [0, 0.1) is 5.92 Å². The van der Waals surface area contributed by atoms with Crippen LogP contribution >= 0.6 is 11.3 Å². The molecule has 3 nitrogen and oxygen atoms in total. The Bertz CT molecular complexity index is 262. The van der Waals surface area contributed by atoms with Crippen molar-refractivity contribution in [3.63, 3.8) is 0 Å². The standard InChI is InChI=1S/C13H25N3S/c1-2-12(5-7-14)4-3-8-15-9-6-13-10-17-11-16-13/h10-12,15H,2-9,14H2,1H3. The van der Waals surface area contributed by atoms with E-state index >= 15 is 0 Å². The summed E-state index contributed by atoms with van der Waals surface area (Å²) in [5, 5.41) is 5.60. The number of rotatable bonds is 10. The van der Waals surface area contributed by atoms with Gasteiger partial charge in [-0.3, -0.25) is 0 Å². The summed E-state index contributed by atoms with van der Waals surface area (Å²) in [6, 6.07) is 0. The van der Waals surface area contributed by atoms with Gasteiger partial charge in [0, 0.05) is 18.3 Å². The molecular formula is C13H25N3S. The van der Waals surface area contributed by atoms with Crippen LogP contribution in [0.3, 0.4) is 0 Å². The van der Waals surface area contributed by atoms with Crippen molar-refractivity contribution in [3.8, 4) is 0 Å². The normalized spacial score (nSPS) is 12.8. The van der Waals surface area contributed by atoms with Gasteiger partial charge < -0.3 is 11.1 Å². The number of hydrogen-bond donors (Lipinski definition) is 2. The molecule has 0 aliphatic heterocycles. The number of hydrogen-bond acceptors (Lipinski definition) is 4. The topological polar surface area (TPSA) is 50.9 Å². The maximum Gasteiger partial charge on any atom is 0.0794 e. The van der Waals surface area contributed by atoms with E-state index in [-0.39, 0.29) is 0 Å². The Morgan fingerprint density at radius 1 is 1.41 bits per heavy atom. The zero-order valence-corrected chi connectivity index (χ0v) is 11.6. The molecule has 98 valence electrons. The summed E-state index contributed by atoms with van der Waals surface area (Å²) in [6.07, 6.45) is 6.04. The average Bonchev–Trinajstić information content (AvgIpc) is 2.85. The van der Waals surface area contributed by atoms with E-state index in [1.54, 1.807) is 11.3 Å². The van der Waals surface area contributed by atoms with E-state index in [0.717, 1.165) is 32.0 Å². The Labute approximate surface area is 109 Å². The van der Waals surface area contributed by atoms with Gasteiger partial charge in [0.15, 0.2) is 0 Å². The molecule has 0 saturated carbocycles. The molecule has 0 saturated heterocycles. The monoisotopic (exact) mass is 255 g/mol. The van der Waals surface area contributed by atoms with Crippen molar-refractivity contribution in [2.75, 3.05) is 19.6 Å². The molecule has 0 amide bonds. The Hall–Kier alpha value is -0.450. The SMILES string of the molecule is CCC(CCN)CCCNCCc1cscn1. The van der Waals surface area contributed by atoms with Gasteiger partial charge in [-0.25, -0.2) is 4.98 Å². The van der Waals surface area contributed by atoms with Gasteiger partial charge in [-0.2, -0.15) is 0 Å². The summed E-state index contributed by atoms with van der Waals surface area (Å²) in [5.41, 5.74) is 8.69. The molecule has 1 aromatic rings. The fourth-order valence-corrected chi connectivity index (χ4v) is 2.60. The van der Waals surface area contributed by atoms with Crippen LogP contribution in [0.2, 0.25) is 0 Å². The van der Waals surface area contributed by atoms with Crippen molar-refractivity contribution in [1.29, 1.82) is 0 Å². The molecule has 0 radical (unpaired) electrons. The minimum atomic E-state index is 0.820. The zero-order chi connectivity index (χ0) is 12.3. The van der Waals surface area contributed by atoms with Crippen LogP contribution in [0.4, 0.5) is 0 Å². The van der Waals surface area contributed by atoms with Crippen LogP contribution in [0.1, 0.15) is 38.3 Å². The second-order valence-electron chi connectivity index (χ2n) is 4.47. The third-order valence-electron chi connectivity index (χ3n) is 3.16. The molecule has 0 fully saturated rings. The molecule has 1 unspecified atom stereocenters. The molecule has 0 aromatic carbocycles. The highest BCUT2D eigenvalue weighted by molar-refractivity contribution is 7.07. The lowest BCUT2D eigenvalue weighted by Gasteiger charge is -2.13. The summed E-state index contributed by atoms with van der Waals surface area (Å²) in [7, 11) is 0. The van der Waals surface area contributed by atoms with E-state index in [1.807, 2.05) is 5.51 Å². The van der Waals surface area contributed by atoms with Crippen LogP contribution in [-0.4, -0.2) is 24.6 Å². The van der Waals surface area contributed by atoms with Gasteiger partial charge in [0.05, 0.1) is 11.2 Å². The van der Waals surface area contributed by atoms with E-state index in [2.05, 4.69) is 22.6 Å². The molecule has 1 aromatic heterocycles. The Kier molecular flexibility index (Phi) is 8.22. The second-order valence-corrected chi connectivity index (χ2v) is 5.19. The van der Waals surface area contributed by atoms with Crippen LogP contribution in [0.25, 0.3) is 0 Å². The van der Waals surface area contributed by atoms with Gasteiger partial charge in [0.25, 0.3) is 0 Å². The van der Waals surface area contributed by atoms with Crippen molar-refractivity contribution in [1.82, 2.24) is 10.3 Å². The first-order chi connectivity index (χ1) is 8.36. The van der Waals surface area contributed by atoms with Crippen LogP contribution in [0.5, 0.6) is 0 Å². The van der Waals surface area contributed by atoms with E-state index in [0.29, 0.717) is 0 Å². The van der Waals surface area contributed by atoms with Gasteiger partial charge in [-0.15, -0.1) is 11.3 Å². The van der Waals surface area contributed by atoms with E-state index in [1.165, 1.54) is 31.4 Å². The number of nitrogens with zero attached hydrogens (tertiary/aromatic N) is 1. The molecule has 1 rings (SSSR count). The van der Waals surface area contributed by atoms with Gasteiger partial charge in [0.2, 0.25) is 0 Å². The Morgan fingerprint density at radius 2 is 2.29 bits per heavy atom. The molecule has 1 atom stereocenters. The Morgan fingerprint density at radius 3 is 2.94 bits per heavy atom. The quantitative estimate of drug-likeness (QED) is 0.631. The second kappa shape index (κ2) is 9.57. The summed E-state index contributed by atoms with van der Waals surface area (Å²) >= 11 is 1.67. The minimum Gasteiger partial charge on any atom is -0.330 e. The maximum atomic E-state index is 5.59. The summed E-state index contributed by atoms with van der Waals surface area (Å²) < 4.78 is 0. The van der Waals surface area contributed by atoms with Crippen LogP contribution < -0.4 is 11.1 Å². The van der Waals surface area contributed by atoms with Gasteiger partial charge in [-0.1, -0.05) is 13.3 Å². The molecule has 0 aliphatic carbocycles. The summed E-state index contributed by atoms with van der Waals surface area (Å²) in [6.45, 7) is 5.24. The van der Waals surface area contributed by atoms with E-state index in [4.69, 9.17) is 5.73 Å². The first-order valence-electron chi connectivity index (χ1n) is 6.64. The number of aromatic nitrogens is 1. The molecule has 3 N–H and O–H groups in total. The van der Waals surface area contributed by atoms with Crippen molar-refractivity contribution in [2.24, 2.45) is 11.7 Å². The molecular weight excluding hydrogens is 230 g/mol. The Balaban J connectivity index is 1.93. The van der Waals surface area contributed by atoms with E-state index in [9.17, 15) is 0 Å². The maximum absolute atomic E-state index is 5.59. The van der Waals surface area contributed by atoms with Crippen molar-refractivity contribution in [2.45, 2.75) is 39.0 Å². The van der Waals surface area contributed by atoms with E-state index < -0.39 is 0 Å². The third-order valence-corrected chi connectivity index (χ3v) is 3.79. The molecule has 0 spiro atoms. The molecule has 0 aliphatic rings. The summed E-state index contributed by atoms with van der Waals surface area (Å²) in [5.74, 6) is 0.820. The van der Waals surface area contributed by atoms with Gasteiger partial charge >= 0.3 is 0 Å². The lowest BCUT2D eigenvalue weighted by molar-refractivity contribution is 0.423. The fourth-order valence-electron chi connectivity index (χ4n) is 2.01. The average molecular weight is 255 g/mol. The number of nitrogens with one attached hydrogen (secondary N) is 1. The molecule has 4 heteroatoms. The van der Waals surface area contributed by atoms with Crippen molar-refractivity contribution < 1.29 is 0 Å². The molecule has 17 heavy (non-hydrogen) atoms. The van der Waals surface area contributed by atoms with Crippen LogP contribution in [0.15, 0.2) is 10.9 Å².